The summed E-state index contributed by atoms with van der Waals surface area (Å²) in [5, 5.41) is 5.30. The molecule has 8 heteroatoms. The van der Waals surface area contributed by atoms with E-state index in [2.05, 4.69) is 20.6 Å². The van der Waals surface area contributed by atoms with Crippen molar-refractivity contribution in [1.29, 1.82) is 0 Å². The van der Waals surface area contributed by atoms with Crippen LogP contribution in [-0.4, -0.2) is 35.4 Å². The first-order valence-electron chi connectivity index (χ1n) is 6.36. The minimum Gasteiger partial charge on any atom is -0.396 e. The molecule has 2 aromatic heterocycles. The zero-order chi connectivity index (χ0) is 15.6. The van der Waals surface area contributed by atoms with E-state index >= 15 is 0 Å². The summed E-state index contributed by atoms with van der Waals surface area (Å²) < 4.78 is 0. The number of thiophene rings is 1. The molecule has 2 rings (SSSR count). The normalized spacial score (nSPS) is 11.4. The Morgan fingerprint density at radius 3 is 2.62 bits per heavy atom. The maximum atomic E-state index is 12.2. The van der Waals surface area contributed by atoms with Gasteiger partial charge in [0.2, 0.25) is 5.91 Å². The van der Waals surface area contributed by atoms with Crippen LogP contribution >= 0.6 is 11.3 Å². The van der Waals surface area contributed by atoms with E-state index in [0.717, 1.165) is 0 Å². The molecule has 0 spiro atoms. The number of anilines is 1. The van der Waals surface area contributed by atoms with Gasteiger partial charge in [0, 0.05) is 26.0 Å². The number of nitrogens with zero attached hydrogens (tertiary/aromatic N) is 2. The lowest BCUT2D eigenvalue weighted by molar-refractivity contribution is -0.128. The molecule has 2 aromatic rings. The molecule has 0 unspecified atom stereocenters. The van der Waals surface area contributed by atoms with Gasteiger partial charge in [0.15, 0.2) is 0 Å². The van der Waals surface area contributed by atoms with E-state index in [4.69, 9.17) is 5.73 Å². The van der Waals surface area contributed by atoms with Gasteiger partial charge in [0.05, 0.1) is 11.1 Å². The van der Waals surface area contributed by atoms with Gasteiger partial charge in [-0.1, -0.05) is 0 Å². The third-order valence-electron chi connectivity index (χ3n) is 3.10. The van der Waals surface area contributed by atoms with Gasteiger partial charge in [0.25, 0.3) is 5.91 Å². The Morgan fingerprint density at radius 1 is 1.33 bits per heavy atom. The monoisotopic (exact) mass is 307 g/mol. The van der Waals surface area contributed by atoms with Gasteiger partial charge in [-0.3, -0.25) is 9.59 Å². The van der Waals surface area contributed by atoms with Crippen LogP contribution in [-0.2, 0) is 4.79 Å². The summed E-state index contributed by atoms with van der Waals surface area (Å²) in [6.07, 6.45) is 3.08. The fourth-order valence-corrected chi connectivity index (χ4v) is 2.75. The van der Waals surface area contributed by atoms with Gasteiger partial charge < -0.3 is 16.4 Å². The Kier molecular flexibility index (Phi) is 4.08. The molecule has 0 bridgehead atoms. The zero-order valence-corrected chi connectivity index (χ0v) is 12.9. The molecule has 0 aliphatic carbocycles. The molecule has 0 aliphatic rings. The first-order valence-corrected chi connectivity index (χ1v) is 7.18. The van der Waals surface area contributed by atoms with Crippen molar-refractivity contribution in [3.05, 3.63) is 17.3 Å². The molecule has 0 fully saturated rings. The van der Waals surface area contributed by atoms with E-state index in [1.54, 1.807) is 27.1 Å². The summed E-state index contributed by atoms with van der Waals surface area (Å²) in [6.45, 7) is 3.72. The van der Waals surface area contributed by atoms with Crippen LogP contribution in [0.3, 0.4) is 0 Å². The molecule has 0 atom stereocenters. The van der Waals surface area contributed by atoms with E-state index in [1.807, 2.05) is 0 Å². The van der Waals surface area contributed by atoms with Crippen molar-refractivity contribution in [2.75, 3.05) is 19.3 Å². The van der Waals surface area contributed by atoms with Gasteiger partial charge in [-0.05, 0) is 13.8 Å². The van der Waals surface area contributed by atoms with Crippen molar-refractivity contribution in [3.63, 3.8) is 0 Å². The number of rotatable bonds is 4. The Labute approximate surface area is 126 Å². The van der Waals surface area contributed by atoms with Crippen LogP contribution in [0.25, 0.3) is 10.3 Å². The van der Waals surface area contributed by atoms with Crippen molar-refractivity contribution in [2.45, 2.75) is 13.8 Å². The van der Waals surface area contributed by atoms with Gasteiger partial charge >= 0.3 is 0 Å². The summed E-state index contributed by atoms with van der Waals surface area (Å²) >= 11 is 1.19. The van der Waals surface area contributed by atoms with Gasteiger partial charge in [-0.25, -0.2) is 9.97 Å². The van der Waals surface area contributed by atoms with E-state index in [1.165, 1.54) is 17.5 Å². The van der Waals surface area contributed by atoms with Gasteiger partial charge in [-0.15, -0.1) is 11.3 Å². The number of carbonyl (C=O) groups excluding carboxylic acids is 2. The average molecular weight is 307 g/mol. The molecule has 112 valence electrons. The Morgan fingerprint density at radius 2 is 2.00 bits per heavy atom. The highest BCUT2D eigenvalue weighted by molar-refractivity contribution is 7.21. The number of nitrogens with one attached hydrogen (secondary N) is 2. The van der Waals surface area contributed by atoms with Crippen molar-refractivity contribution in [3.8, 4) is 0 Å². The molecule has 0 saturated heterocycles. The van der Waals surface area contributed by atoms with Crippen LogP contribution in [0.2, 0.25) is 0 Å². The standard InChI is InChI=1S/C13H17N5O2S/c1-13(2,12(20)15-3)6-18-10(19)9-7(14)8-11(21-9)17-5-4-16-8/h4-5H,6,14H2,1-3H3,(H,15,20)(H,18,19). The topological polar surface area (TPSA) is 110 Å². The smallest absolute Gasteiger partial charge is 0.263 e. The quantitative estimate of drug-likeness (QED) is 0.773. The molecule has 0 radical (unpaired) electrons. The highest BCUT2D eigenvalue weighted by Gasteiger charge is 2.28. The lowest BCUT2D eigenvalue weighted by Gasteiger charge is -2.22. The first-order chi connectivity index (χ1) is 9.86. The number of fused-ring (bicyclic) bond motifs is 1. The minimum absolute atomic E-state index is 0.143. The van der Waals surface area contributed by atoms with Crippen LogP contribution < -0.4 is 16.4 Å². The second-order valence-corrected chi connectivity index (χ2v) is 6.20. The molecular formula is C13H17N5O2S. The summed E-state index contributed by atoms with van der Waals surface area (Å²) in [4.78, 5) is 33.1. The maximum absolute atomic E-state index is 12.2. The number of amides is 2. The van der Waals surface area contributed by atoms with Crippen molar-refractivity contribution < 1.29 is 9.59 Å². The average Bonchev–Trinajstić information content (AvgIpc) is 2.81. The number of nitrogen functional groups attached to an aromatic ring is 1. The van der Waals surface area contributed by atoms with Crippen LogP contribution in [0, 0.1) is 5.41 Å². The number of nitrogens with two attached hydrogens (primary N) is 1. The highest BCUT2D eigenvalue weighted by atomic mass is 32.1. The van der Waals surface area contributed by atoms with Crippen LogP contribution in [0.1, 0.15) is 23.5 Å². The predicted octanol–water partition coefficient (Wildman–Crippen LogP) is 0.775. The maximum Gasteiger partial charge on any atom is 0.263 e. The second-order valence-electron chi connectivity index (χ2n) is 5.20. The van der Waals surface area contributed by atoms with Gasteiger partial charge in [-0.2, -0.15) is 0 Å². The van der Waals surface area contributed by atoms with Crippen LogP contribution in [0.4, 0.5) is 5.69 Å². The summed E-state index contributed by atoms with van der Waals surface area (Å²) in [6, 6.07) is 0. The van der Waals surface area contributed by atoms with E-state index in [0.29, 0.717) is 20.9 Å². The lowest BCUT2D eigenvalue weighted by Crippen LogP contribution is -2.43. The summed E-state index contributed by atoms with van der Waals surface area (Å²) in [5.41, 5.74) is 6.08. The van der Waals surface area contributed by atoms with E-state index < -0.39 is 5.41 Å². The molecule has 7 nitrogen and oxygen atoms in total. The first kappa shape index (κ1) is 15.2. The molecule has 21 heavy (non-hydrogen) atoms. The van der Waals surface area contributed by atoms with Crippen molar-refractivity contribution in [1.82, 2.24) is 20.6 Å². The molecule has 0 saturated carbocycles. The molecule has 2 heterocycles. The van der Waals surface area contributed by atoms with E-state index in [-0.39, 0.29) is 18.4 Å². The largest absolute Gasteiger partial charge is 0.396 e. The molecule has 4 N–H and O–H groups in total. The zero-order valence-electron chi connectivity index (χ0n) is 12.1. The summed E-state index contributed by atoms with van der Waals surface area (Å²) in [5.74, 6) is -0.468. The third-order valence-corrected chi connectivity index (χ3v) is 4.20. The Balaban J connectivity index is 2.16. The number of hydrogen-bond donors (Lipinski definition) is 3. The molecular weight excluding hydrogens is 290 g/mol. The number of aromatic nitrogens is 2. The Bertz CT molecular complexity index is 695. The molecule has 0 aromatic carbocycles. The highest BCUT2D eigenvalue weighted by Crippen LogP contribution is 2.30. The number of hydrogen-bond acceptors (Lipinski definition) is 6. The van der Waals surface area contributed by atoms with Gasteiger partial charge in [0.1, 0.15) is 15.2 Å². The van der Waals surface area contributed by atoms with Crippen molar-refractivity contribution in [2.24, 2.45) is 5.41 Å². The fraction of sp³-hybridized carbons (Fsp3) is 0.385. The third kappa shape index (κ3) is 2.94. The lowest BCUT2D eigenvalue weighted by atomic mass is 9.92. The number of carbonyl (C=O) groups is 2. The second kappa shape index (κ2) is 5.65. The molecule has 2 amide bonds. The predicted molar refractivity (Wildman–Crippen MR) is 82.0 cm³/mol. The van der Waals surface area contributed by atoms with Crippen molar-refractivity contribution >= 4 is 39.2 Å². The molecule has 0 aliphatic heterocycles. The van der Waals surface area contributed by atoms with E-state index in [9.17, 15) is 9.59 Å². The minimum atomic E-state index is -0.702. The van der Waals surface area contributed by atoms with Crippen LogP contribution in [0.5, 0.6) is 0 Å². The summed E-state index contributed by atoms with van der Waals surface area (Å²) in [7, 11) is 1.56. The SMILES string of the molecule is CNC(=O)C(C)(C)CNC(=O)c1sc2nccnc2c1N. The fourth-order valence-electron chi connectivity index (χ4n) is 1.81. The Hall–Kier alpha value is -2.22. The van der Waals surface area contributed by atoms with Crippen LogP contribution in [0.15, 0.2) is 12.4 Å².